The second kappa shape index (κ2) is 7.02. The third-order valence-electron chi connectivity index (χ3n) is 3.60. The lowest BCUT2D eigenvalue weighted by molar-refractivity contribution is -0.127. The summed E-state index contributed by atoms with van der Waals surface area (Å²) in [5, 5.41) is 9.37. The second-order valence-electron chi connectivity index (χ2n) is 5.39. The van der Waals surface area contributed by atoms with Crippen molar-refractivity contribution in [2.24, 2.45) is 5.92 Å². The smallest absolute Gasteiger partial charge is 0.242 e. The molecule has 0 radical (unpaired) electrons. The van der Waals surface area contributed by atoms with E-state index in [0.717, 1.165) is 31.6 Å². The summed E-state index contributed by atoms with van der Waals surface area (Å²) < 4.78 is 1.41. The number of nitrogens with one attached hydrogen (secondary N) is 2. The van der Waals surface area contributed by atoms with Gasteiger partial charge in [0, 0.05) is 6.04 Å². The number of carbonyl (C=O) groups excluding carboxylic acids is 2. The molecule has 0 aromatic carbocycles. The Hall–Kier alpha value is -1.92. The molecule has 0 unspecified atom stereocenters. The van der Waals surface area contributed by atoms with Crippen molar-refractivity contribution in [3.8, 4) is 0 Å². The van der Waals surface area contributed by atoms with Gasteiger partial charge >= 0.3 is 0 Å². The lowest BCUT2D eigenvalue weighted by Gasteiger charge is -2.26. The van der Waals surface area contributed by atoms with Crippen LogP contribution in [0.25, 0.3) is 0 Å². The first kappa shape index (κ1) is 14.5. The van der Waals surface area contributed by atoms with Crippen LogP contribution in [0.1, 0.15) is 32.6 Å². The highest BCUT2D eigenvalue weighted by Gasteiger charge is 2.19. The number of hydrogen-bond donors (Lipinski definition) is 2. The predicted octanol–water partition coefficient (Wildman–Crippen LogP) is 0.0892. The maximum atomic E-state index is 11.7. The topological polar surface area (TPSA) is 88.9 Å². The third kappa shape index (κ3) is 4.64. The lowest BCUT2D eigenvalue weighted by Crippen LogP contribution is -2.43. The molecular formula is C13H21N5O2. The van der Waals surface area contributed by atoms with Gasteiger partial charge in [0.1, 0.15) is 19.2 Å². The van der Waals surface area contributed by atoms with Crippen LogP contribution in [0.5, 0.6) is 0 Å². The molecule has 0 spiro atoms. The van der Waals surface area contributed by atoms with Crippen molar-refractivity contribution >= 4 is 11.8 Å². The van der Waals surface area contributed by atoms with Crippen LogP contribution in [0.2, 0.25) is 0 Å². The number of hydrogen-bond acceptors (Lipinski definition) is 4. The molecule has 7 heteroatoms. The molecule has 0 saturated heterocycles. The van der Waals surface area contributed by atoms with Crippen LogP contribution in [0.3, 0.4) is 0 Å². The largest absolute Gasteiger partial charge is 0.352 e. The van der Waals surface area contributed by atoms with E-state index in [9.17, 15) is 9.59 Å². The molecule has 1 heterocycles. The fourth-order valence-electron chi connectivity index (χ4n) is 2.38. The highest BCUT2D eigenvalue weighted by atomic mass is 16.2. The van der Waals surface area contributed by atoms with Crippen molar-refractivity contribution in [3.63, 3.8) is 0 Å². The molecule has 20 heavy (non-hydrogen) atoms. The summed E-state index contributed by atoms with van der Waals surface area (Å²) in [5.41, 5.74) is 0. The summed E-state index contributed by atoms with van der Waals surface area (Å²) in [6.45, 7) is 2.33. The molecular weight excluding hydrogens is 258 g/mol. The molecule has 1 fully saturated rings. The van der Waals surface area contributed by atoms with Crippen LogP contribution in [0.15, 0.2) is 12.7 Å². The first-order valence-electron chi connectivity index (χ1n) is 7.02. The molecule has 2 amide bonds. The van der Waals surface area contributed by atoms with E-state index >= 15 is 0 Å². The van der Waals surface area contributed by atoms with E-state index in [1.165, 1.54) is 17.3 Å². The van der Waals surface area contributed by atoms with Crippen LogP contribution < -0.4 is 10.6 Å². The Kier molecular flexibility index (Phi) is 5.09. The molecule has 0 bridgehead atoms. The molecule has 1 aliphatic rings. The van der Waals surface area contributed by atoms with E-state index in [2.05, 4.69) is 27.6 Å². The van der Waals surface area contributed by atoms with Gasteiger partial charge in [-0.25, -0.2) is 9.67 Å². The fourth-order valence-corrected chi connectivity index (χ4v) is 2.38. The minimum Gasteiger partial charge on any atom is -0.352 e. The molecule has 2 rings (SSSR count). The summed E-state index contributed by atoms with van der Waals surface area (Å²) in [4.78, 5) is 27.1. The Morgan fingerprint density at radius 3 is 2.65 bits per heavy atom. The monoisotopic (exact) mass is 279 g/mol. The average Bonchev–Trinajstić information content (AvgIpc) is 2.92. The van der Waals surface area contributed by atoms with Crippen LogP contribution in [0, 0.1) is 5.92 Å². The first-order valence-corrected chi connectivity index (χ1v) is 7.02. The van der Waals surface area contributed by atoms with E-state index in [0.29, 0.717) is 0 Å². The fraction of sp³-hybridized carbons (Fsp3) is 0.692. The summed E-state index contributed by atoms with van der Waals surface area (Å²) in [7, 11) is 0. The summed E-state index contributed by atoms with van der Waals surface area (Å²) in [6.07, 6.45) is 7.19. The molecule has 0 atom stereocenters. The SMILES string of the molecule is CC1CCC(NC(=O)CNC(=O)Cn2cncn2)CC1. The van der Waals surface area contributed by atoms with E-state index < -0.39 is 0 Å². The van der Waals surface area contributed by atoms with Gasteiger partial charge in [0.15, 0.2) is 0 Å². The zero-order valence-corrected chi connectivity index (χ0v) is 11.7. The Balaban J connectivity index is 1.63. The molecule has 2 N–H and O–H groups in total. The number of nitrogens with zero attached hydrogens (tertiary/aromatic N) is 3. The Morgan fingerprint density at radius 1 is 1.25 bits per heavy atom. The van der Waals surface area contributed by atoms with E-state index in [4.69, 9.17) is 0 Å². The molecule has 7 nitrogen and oxygen atoms in total. The average molecular weight is 279 g/mol. The quantitative estimate of drug-likeness (QED) is 0.799. The van der Waals surface area contributed by atoms with Crippen molar-refractivity contribution in [2.75, 3.05) is 6.54 Å². The van der Waals surface area contributed by atoms with Gasteiger partial charge in [-0.1, -0.05) is 6.92 Å². The van der Waals surface area contributed by atoms with Crippen LogP contribution in [-0.4, -0.2) is 39.2 Å². The minimum atomic E-state index is -0.247. The molecule has 1 saturated carbocycles. The highest BCUT2D eigenvalue weighted by Crippen LogP contribution is 2.23. The lowest BCUT2D eigenvalue weighted by atomic mass is 9.87. The zero-order valence-electron chi connectivity index (χ0n) is 11.7. The van der Waals surface area contributed by atoms with Gasteiger partial charge in [0.05, 0.1) is 6.54 Å². The van der Waals surface area contributed by atoms with E-state index in [-0.39, 0.29) is 30.9 Å². The van der Waals surface area contributed by atoms with Gasteiger partial charge in [-0.2, -0.15) is 5.10 Å². The molecule has 1 aromatic heterocycles. The minimum absolute atomic E-state index is 0.0135. The normalized spacial score (nSPS) is 22.2. The highest BCUT2D eigenvalue weighted by molar-refractivity contribution is 5.84. The Labute approximate surface area is 118 Å². The van der Waals surface area contributed by atoms with Crippen LogP contribution >= 0.6 is 0 Å². The first-order chi connectivity index (χ1) is 9.63. The molecule has 110 valence electrons. The molecule has 1 aliphatic carbocycles. The van der Waals surface area contributed by atoms with Gasteiger partial charge in [-0.05, 0) is 31.6 Å². The zero-order chi connectivity index (χ0) is 14.4. The van der Waals surface area contributed by atoms with Gasteiger partial charge in [0.25, 0.3) is 0 Å². The van der Waals surface area contributed by atoms with Crippen molar-refractivity contribution in [3.05, 3.63) is 12.7 Å². The van der Waals surface area contributed by atoms with Gasteiger partial charge in [-0.3, -0.25) is 9.59 Å². The maximum absolute atomic E-state index is 11.7. The van der Waals surface area contributed by atoms with Crippen molar-refractivity contribution in [2.45, 2.75) is 45.2 Å². The van der Waals surface area contributed by atoms with Crippen LogP contribution in [-0.2, 0) is 16.1 Å². The van der Waals surface area contributed by atoms with Gasteiger partial charge in [-0.15, -0.1) is 0 Å². The number of amides is 2. The van der Waals surface area contributed by atoms with E-state index in [1.54, 1.807) is 0 Å². The molecule has 1 aromatic rings. The molecule has 0 aliphatic heterocycles. The van der Waals surface area contributed by atoms with Crippen LogP contribution in [0.4, 0.5) is 0 Å². The summed E-state index contributed by atoms with van der Waals surface area (Å²) in [6, 6.07) is 0.255. The summed E-state index contributed by atoms with van der Waals surface area (Å²) in [5.74, 6) is 0.380. The van der Waals surface area contributed by atoms with Crippen molar-refractivity contribution in [1.29, 1.82) is 0 Å². The Morgan fingerprint density at radius 2 is 2.00 bits per heavy atom. The van der Waals surface area contributed by atoms with E-state index in [1.807, 2.05) is 0 Å². The standard InChI is InChI=1S/C13H21N5O2/c1-10-2-4-11(5-3-10)17-12(19)6-15-13(20)7-18-9-14-8-16-18/h8-11H,2-7H2,1H3,(H,15,20)(H,17,19). The predicted molar refractivity (Wildman–Crippen MR) is 72.6 cm³/mol. The van der Waals surface area contributed by atoms with Gasteiger partial charge in [0.2, 0.25) is 11.8 Å². The van der Waals surface area contributed by atoms with Crippen molar-refractivity contribution in [1.82, 2.24) is 25.4 Å². The summed E-state index contributed by atoms with van der Waals surface area (Å²) >= 11 is 0. The Bertz CT molecular complexity index is 438. The number of carbonyl (C=O) groups is 2. The van der Waals surface area contributed by atoms with Crippen molar-refractivity contribution < 1.29 is 9.59 Å². The maximum Gasteiger partial charge on any atom is 0.242 e. The second-order valence-corrected chi connectivity index (χ2v) is 5.39. The third-order valence-corrected chi connectivity index (χ3v) is 3.60. The van der Waals surface area contributed by atoms with Gasteiger partial charge < -0.3 is 10.6 Å². The number of aromatic nitrogens is 3. The number of rotatable bonds is 5.